The van der Waals surface area contributed by atoms with Crippen LogP contribution < -0.4 is 10.1 Å². The molecule has 0 spiro atoms. The molecule has 16 heavy (non-hydrogen) atoms. The van der Waals surface area contributed by atoms with E-state index >= 15 is 0 Å². The van der Waals surface area contributed by atoms with Gasteiger partial charge in [0.15, 0.2) is 0 Å². The van der Waals surface area contributed by atoms with Crippen LogP contribution in [0.1, 0.15) is 12.5 Å². The fourth-order valence-electron chi connectivity index (χ4n) is 1.42. The molecule has 0 heterocycles. The van der Waals surface area contributed by atoms with Gasteiger partial charge in [0.2, 0.25) is 0 Å². The lowest BCUT2D eigenvalue weighted by molar-refractivity contribution is 0.110. The molecule has 90 valence electrons. The lowest BCUT2D eigenvalue weighted by Gasteiger charge is -2.08. The van der Waals surface area contributed by atoms with Crippen molar-refractivity contribution in [2.45, 2.75) is 13.3 Å². The average Bonchev–Trinajstić information content (AvgIpc) is 2.33. The molecule has 1 rings (SSSR count). The van der Waals surface area contributed by atoms with Gasteiger partial charge in [-0.2, -0.15) is 0 Å². The van der Waals surface area contributed by atoms with Gasteiger partial charge in [-0.1, -0.05) is 12.1 Å². The van der Waals surface area contributed by atoms with E-state index in [0.29, 0.717) is 13.2 Å². The Morgan fingerprint density at radius 2 is 2.12 bits per heavy atom. The van der Waals surface area contributed by atoms with E-state index in [0.717, 1.165) is 25.3 Å². The summed E-state index contributed by atoms with van der Waals surface area (Å²) in [6.45, 7) is 4.98. The second-order valence-corrected chi connectivity index (χ2v) is 3.55. The SMILES string of the molecule is CCOCCOc1cccc(CCNC)c1. The van der Waals surface area contributed by atoms with Gasteiger partial charge in [0.1, 0.15) is 12.4 Å². The molecule has 0 atom stereocenters. The summed E-state index contributed by atoms with van der Waals surface area (Å²) in [5.41, 5.74) is 1.29. The van der Waals surface area contributed by atoms with Crippen molar-refractivity contribution in [1.82, 2.24) is 5.32 Å². The van der Waals surface area contributed by atoms with Gasteiger partial charge >= 0.3 is 0 Å². The van der Waals surface area contributed by atoms with E-state index in [9.17, 15) is 0 Å². The molecule has 0 fully saturated rings. The number of nitrogens with one attached hydrogen (secondary N) is 1. The van der Waals surface area contributed by atoms with Crippen molar-refractivity contribution < 1.29 is 9.47 Å². The van der Waals surface area contributed by atoms with E-state index in [4.69, 9.17) is 9.47 Å². The molecule has 0 aliphatic carbocycles. The molecule has 1 N–H and O–H groups in total. The third-order valence-electron chi connectivity index (χ3n) is 2.26. The van der Waals surface area contributed by atoms with Crippen LogP contribution in [0.2, 0.25) is 0 Å². The number of hydrogen-bond acceptors (Lipinski definition) is 3. The van der Waals surface area contributed by atoms with Crippen molar-refractivity contribution in [3.8, 4) is 5.75 Å². The molecule has 0 aromatic heterocycles. The first-order valence-electron chi connectivity index (χ1n) is 5.81. The third-order valence-corrected chi connectivity index (χ3v) is 2.26. The minimum atomic E-state index is 0.614. The molecule has 0 saturated heterocycles. The standard InChI is InChI=1S/C13H21NO2/c1-3-15-9-10-16-13-6-4-5-12(11-13)7-8-14-2/h4-6,11,14H,3,7-10H2,1-2H3. The van der Waals surface area contributed by atoms with E-state index in [2.05, 4.69) is 17.4 Å². The molecule has 0 aliphatic heterocycles. The Labute approximate surface area is 97.8 Å². The largest absolute Gasteiger partial charge is 0.491 e. The Balaban J connectivity index is 2.35. The van der Waals surface area contributed by atoms with Gasteiger partial charge in [-0.05, 0) is 44.6 Å². The summed E-state index contributed by atoms with van der Waals surface area (Å²) in [4.78, 5) is 0. The van der Waals surface area contributed by atoms with Gasteiger partial charge in [0.05, 0.1) is 6.61 Å². The number of ether oxygens (including phenoxy) is 2. The van der Waals surface area contributed by atoms with E-state index in [1.54, 1.807) is 0 Å². The fourth-order valence-corrected chi connectivity index (χ4v) is 1.42. The summed E-state index contributed by atoms with van der Waals surface area (Å²) < 4.78 is 10.8. The van der Waals surface area contributed by atoms with Crippen LogP contribution in [0.3, 0.4) is 0 Å². The molecular weight excluding hydrogens is 202 g/mol. The number of rotatable bonds is 8. The monoisotopic (exact) mass is 223 g/mol. The molecule has 1 aromatic carbocycles. The third kappa shape index (κ3) is 5.14. The summed E-state index contributed by atoms with van der Waals surface area (Å²) in [5.74, 6) is 0.924. The van der Waals surface area contributed by atoms with E-state index in [1.165, 1.54) is 5.56 Å². The summed E-state index contributed by atoms with van der Waals surface area (Å²) in [7, 11) is 1.96. The molecule has 3 nitrogen and oxygen atoms in total. The lowest BCUT2D eigenvalue weighted by Crippen LogP contribution is -2.10. The molecule has 1 aromatic rings. The maximum atomic E-state index is 5.58. The topological polar surface area (TPSA) is 30.5 Å². The predicted octanol–water partition coefficient (Wildman–Crippen LogP) is 1.86. The highest BCUT2D eigenvalue weighted by Crippen LogP contribution is 2.13. The Morgan fingerprint density at radius 1 is 1.25 bits per heavy atom. The van der Waals surface area contributed by atoms with Crippen LogP contribution in [0.15, 0.2) is 24.3 Å². The van der Waals surface area contributed by atoms with Gasteiger partial charge in [-0.15, -0.1) is 0 Å². The van der Waals surface area contributed by atoms with Gasteiger partial charge in [0.25, 0.3) is 0 Å². The second kappa shape index (κ2) is 8.13. The Bertz CT molecular complexity index is 289. The van der Waals surface area contributed by atoms with Crippen LogP contribution in [-0.2, 0) is 11.2 Å². The summed E-state index contributed by atoms with van der Waals surface area (Å²) >= 11 is 0. The first-order chi connectivity index (χ1) is 7.86. The number of benzene rings is 1. The lowest BCUT2D eigenvalue weighted by atomic mass is 10.1. The van der Waals surface area contributed by atoms with Gasteiger partial charge < -0.3 is 14.8 Å². The number of likely N-dealkylation sites (N-methyl/N-ethyl adjacent to an activating group) is 1. The molecule has 0 amide bonds. The smallest absolute Gasteiger partial charge is 0.119 e. The zero-order chi connectivity index (χ0) is 11.6. The van der Waals surface area contributed by atoms with Crippen LogP contribution in [-0.4, -0.2) is 33.4 Å². The highest BCUT2D eigenvalue weighted by molar-refractivity contribution is 5.28. The van der Waals surface area contributed by atoms with Crippen LogP contribution in [0.25, 0.3) is 0 Å². The molecule has 0 saturated carbocycles. The first-order valence-corrected chi connectivity index (χ1v) is 5.81. The maximum absolute atomic E-state index is 5.58. The van der Waals surface area contributed by atoms with E-state index in [-0.39, 0.29) is 0 Å². The molecule has 0 bridgehead atoms. The Hall–Kier alpha value is -1.06. The molecule has 0 radical (unpaired) electrons. The number of hydrogen-bond donors (Lipinski definition) is 1. The van der Waals surface area contributed by atoms with Crippen LogP contribution >= 0.6 is 0 Å². The van der Waals surface area contributed by atoms with Gasteiger partial charge in [0, 0.05) is 6.61 Å². The van der Waals surface area contributed by atoms with Crippen molar-refractivity contribution in [3.05, 3.63) is 29.8 Å². The van der Waals surface area contributed by atoms with Crippen molar-refractivity contribution in [2.24, 2.45) is 0 Å². The summed E-state index contributed by atoms with van der Waals surface area (Å²) in [6, 6.07) is 8.21. The predicted molar refractivity (Wildman–Crippen MR) is 66.1 cm³/mol. The molecular formula is C13H21NO2. The molecule has 0 aliphatic rings. The van der Waals surface area contributed by atoms with E-state index in [1.807, 2.05) is 26.1 Å². The maximum Gasteiger partial charge on any atom is 0.119 e. The highest BCUT2D eigenvalue weighted by Gasteiger charge is 1.96. The minimum Gasteiger partial charge on any atom is -0.491 e. The quantitative estimate of drug-likeness (QED) is 0.682. The molecule has 0 unspecified atom stereocenters. The van der Waals surface area contributed by atoms with Crippen molar-refractivity contribution >= 4 is 0 Å². The van der Waals surface area contributed by atoms with Crippen LogP contribution in [0, 0.1) is 0 Å². The van der Waals surface area contributed by atoms with Gasteiger partial charge in [-0.25, -0.2) is 0 Å². The van der Waals surface area contributed by atoms with Crippen molar-refractivity contribution in [3.63, 3.8) is 0 Å². The van der Waals surface area contributed by atoms with Crippen LogP contribution in [0.5, 0.6) is 5.75 Å². The normalized spacial score (nSPS) is 10.4. The zero-order valence-corrected chi connectivity index (χ0v) is 10.2. The molecule has 3 heteroatoms. The van der Waals surface area contributed by atoms with Crippen LogP contribution in [0.4, 0.5) is 0 Å². The van der Waals surface area contributed by atoms with Crippen molar-refractivity contribution in [1.29, 1.82) is 0 Å². The van der Waals surface area contributed by atoms with E-state index < -0.39 is 0 Å². The highest BCUT2D eigenvalue weighted by atomic mass is 16.5. The summed E-state index contributed by atoms with van der Waals surface area (Å²) in [6.07, 6.45) is 1.03. The zero-order valence-electron chi connectivity index (χ0n) is 10.2. The second-order valence-electron chi connectivity index (χ2n) is 3.55. The minimum absolute atomic E-state index is 0.614. The average molecular weight is 223 g/mol. The first kappa shape index (κ1) is 13.0. The van der Waals surface area contributed by atoms with Gasteiger partial charge in [-0.3, -0.25) is 0 Å². The Kier molecular flexibility index (Phi) is 6.61. The van der Waals surface area contributed by atoms with Crippen molar-refractivity contribution in [2.75, 3.05) is 33.4 Å². The fraction of sp³-hybridized carbons (Fsp3) is 0.538. The Morgan fingerprint density at radius 3 is 2.88 bits per heavy atom. The summed E-state index contributed by atoms with van der Waals surface area (Å²) in [5, 5.41) is 3.13.